The van der Waals surface area contributed by atoms with Crippen molar-refractivity contribution < 1.29 is 0 Å². The van der Waals surface area contributed by atoms with E-state index in [1.807, 2.05) is 6.92 Å². The second kappa shape index (κ2) is 6.39. The quantitative estimate of drug-likeness (QED) is 0.847. The Hall–Kier alpha value is -1.07. The molecule has 1 aromatic heterocycles. The van der Waals surface area contributed by atoms with Gasteiger partial charge in [0.1, 0.15) is 5.15 Å². The molecule has 1 saturated heterocycles. The molecule has 2 heterocycles. The molecular weight excluding hydrogens is 266 g/mol. The summed E-state index contributed by atoms with van der Waals surface area (Å²) in [6, 6.07) is 0. The summed E-state index contributed by atoms with van der Waals surface area (Å²) in [5, 5.41) is 0.173. The minimum atomic E-state index is -0.413. The van der Waals surface area contributed by atoms with Gasteiger partial charge >= 0.3 is 5.69 Å². The van der Waals surface area contributed by atoms with Crippen molar-refractivity contribution in [3.63, 3.8) is 0 Å². The van der Waals surface area contributed by atoms with Crippen LogP contribution in [0.2, 0.25) is 5.15 Å². The van der Waals surface area contributed by atoms with Crippen LogP contribution in [0.4, 0.5) is 0 Å². The van der Waals surface area contributed by atoms with Gasteiger partial charge in [0.2, 0.25) is 0 Å². The van der Waals surface area contributed by atoms with Gasteiger partial charge in [-0.1, -0.05) is 24.9 Å². The van der Waals surface area contributed by atoms with E-state index in [0.717, 1.165) is 19.6 Å². The van der Waals surface area contributed by atoms with E-state index in [4.69, 9.17) is 11.6 Å². The molecule has 0 unspecified atom stereocenters. The van der Waals surface area contributed by atoms with Crippen molar-refractivity contribution in [2.75, 3.05) is 19.6 Å². The van der Waals surface area contributed by atoms with Crippen molar-refractivity contribution in [3.05, 3.63) is 31.6 Å². The maximum Gasteiger partial charge on any atom is 0.329 e. The molecule has 0 aromatic carbocycles. The standard InChI is InChI=1S/C13H20ClN3O2/c1-2-10-11(14)15-13(19)17(12(10)18)9-8-16-6-4-3-5-7-16/h2-9H2,1H3,(H,15,19). The maximum absolute atomic E-state index is 12.2. The van der Waals surface area contributed by atoms with Gasteiger partial charge in [-0.05, 0) is 32.4 Å². The molecule has 1 fully saturated rings. The average molecular weight is 286 g/mol. The minimum absolute atomic E-state index is 0.173. The van der Waals surface area contributed by atoms with Gasteiger partial charge in [0.05, 0.1) is 5.56 Å². The summed E-state index contributed by atoms with van der Waals surface area (Å²) < 4.78 is 1.26. The summed E-state index contributed by atoms with van der Waals surface area (Å²) in [6.07, 6.45) is 4.20. The highest BCUT2D eigenvalue weighted by Crippen LogP contribution is 2.08. The zero-order valence-electron chi connectivity index (χ0n) is 11.2. The molecule has 0 saturated carbocycles. The topological polar surface area (TPSA) is 58.1 Å². The third-order valence-electron chi connectivity index (χ3n) is 3.67. The van der Waals surface area contributed by atoms with Crippen LogP contribution in [0.3, 0.4) is 0 Å². The van der Waals surface area contributed by atoms with Crippen LogP contribution in [0.1, 0.15) is 31.7 Å². The van der Waals surface area contributed by atoms with E-state index in [9.17, 15) is 9.59 Å². The molecule has 1 aromatic rings. The van der Waals surface area contributed by atoms with Crippen molar-refractivity contribution >= 4 is 11.6 Å². The number of halogens is 1. The van der Waals surface area contributed by atoms with Crippen molar-refractivity contribution in [2.24, 2.45) is 0 Å². The number of piperidine rings is 1. The molecule has 106 valence electrons. The molecule has 0 radical (unpaired) electrons. The SMILES string of the molecule is CCc1c(Cl)[nH]c(=O)n(CCN2CCCCC2)c1=O. The van der Waals surface area contributed by atoms with Gasteiger partial charge in [0, 0.05) is 13.1 Å². The van der Waals surface area contributed by atoms with E-state index >= 15 is 0 Å². The first kappa shape index (κ1) is 14.3. The lowest BCUT2D eigenvalue weighted by Gasteiger charge is -2.26. The second-order valence-corrected chi connectivity index (χ2v) is 5.31. The van der Waals surface area contributed by atoms with Gasteiger partial charge in [-0.25, -0.2) is 4.79 Å². The lowest BCUT2D eigenvalue weighted by Crippen LogP contribution is -2.41. The van der Waals surface area contributed by atoms with Gasteiger partial charge in [0.25, 0.3) is 5.56 Å². The van der Waals surface area contributed by atoms with Gasteiger partial charge in [0.15, 0.2) is 0 Å². The van der Waals surface area contributed by atoms with E-state index in [1.165, 1.54) is 23.8 Å². The Labute approximate surface area is 117 Å². The third-order valence-corrected chi connectivity index (χ3v) is 3.99. The summed E-state index contributed by atoms with van der Waals surface area (Å²) >= 11 is 5.88. The number of aromatic amines is 1. The number of likely N-dealkylation sites (tertiary alicyclic amines) is 1. The van der Waals surface area contributed by atoms with Crippen LogP contribution in [-0.4, -0.2) is 34.1 Å². The molecule has 0 amide bonds. The second-order valence-electron chi connectivity index (χ2n) is 4.94. The lowest BCUT2D eigenvalue weighted by molar-refractivity contribution is 0.219. The zero-order valence-corrected chi connectivity index (χ0v) is 12.0. The number of nitrogens with zero attached hydrogens (tertiary/aromatic N) is 2. The Bertz CT molecular complexity index is 544. The van der Waals surface area contributed by atoms with Crippen molar-refractivity contribution in [3.8, 4) is 0 Å². The summed E-state index contributed by atoms with van der Waals surface area (Å²) in [4.78, 5) is 28.8. The molecule has 2 rings (SSSR count). The van der Waals surface area contributed by atoms with Crippen LogP contribution in [0.25, 0.3) is 0 Å². The van der Waals surface area contributed by atoms with Crippen LogP contribution in [-0.2, 0) is 13.0 Å². The predicted molar refractivity (Wildman–Crippen MR) is 76.0 cm³/mol. The van der Waals surface area contributed by atoms with Crippen molar-refractivity contribution in [1.82, 2.24) is 14.5 Å². The van der Waals surface area contributed by atoms with Crippen LogP contribution >= 0.6 is 11.6 Å². The van der Waals surface area contributed by atoms with E-state index in [0.29, 0.717) is 18.5 Å². The predicted octanol–water partition coefficient (Wildman–Crippen LogP) is 1.24. The largest absolute Gasteiger partial charge is 0.329 e. The molecule has 5 nitrogen and oxygen atoms in total. The highest BCUT2D eigenvalue weighted by Gasteiger charge is 2.14. The van der Waals surface area contributed by atoms with E-state index < -0.39 is 5.69 Å². The Morgan fingerprint density at radius 3 is 2.47 bits per heavy atom. The van der Waals surface area contributed by atoms with Gasteiger partial charge < -0.3 is 4.90 Å². The van der Waals surface area contributed by atoms with Crippen molar-refractivity contribution in [2.45, 2.75) is 39.2 Å². The van der Waals surface area contributed by atoms with Gasteiger partial charge in [-0.15, -0.1) is 0 Å². The van der Waals surface area contributed by atoms with Crippen LogP contribution in [0, 0.1) is 0 Å². The lowest BCUT2D eigenvalue weighted by atomic mass is 10.1. The monoisotopic (exact) mass is 285 g/mol. The van der Waals surface area contributed by atoms with Crippen LogP contribution in [0.15, 0.2) is 9.59 Å². The number of H-pyrrole nitrogens is 1. The first-order valence-corrected chi connectivity index (χ1v) is 7.25. The van der Waals surface area contributed by atoms with E-state index in [1.54, 1.807) is 0 Å². The van der Waals surface area contributed by atoms with Gasteiger partial charge in [-0.3, -0.25) is 14.3 Å². The van der Waals surface area contributed by atoms with Crippen LogP contribution < -0.4 is 11.2 Å². The average Bonchev–Trinajstić information content (AvgIpc) is 2.39. The molecule has 1 aliphatic rings. The number of hydrogen-bond donors (Lipinski definition) is 1. The fourth-order valence-electron chi connectivity index (χ4n) is 2.52. The number of rotatable bonds is 4. The maximum atomic E-state index is 12.2. The smallest absolute Gasteiger partial charge is 0.302 e. The molecule has 0 aliphatic carbocycles. The molecule has 0 spiro atoms. The fraction of sp³-hybridized carbons (Fsp3) is 0.692. The minimum Gasteiger partial charge on any atom is -0.302 e. The Morgan fingerprint density at radius 2 is 1.84 bits per heavy atom. The molecule has 19 heavy (non-hydrogen) atoms. The number of aromatic nitrogens is 2. The van der Waals surface area contributed by atoms with Crippen molar-refractivity contribution in [1.29, 1.82) is 0 Å². The Kier molecular flexibility index (Phi) is 4.82. The summed E-state index contributed by atoms with van der Waals surface area (Å²) in [7, 11) is 0. The first-order chi connectivity index (χ1) is 9.13. The molecule has 1 aliphatic heterocycles. The molecule has 0 bridgehead atoms. The van der Waals surface area contributed by atoms with E-state index in [-0.39, 0.29) is 10.7 Å². The zero-order chi connectivity index (χ0) is 13.8. The summed E-state index contributed by atoms with van der Waals surface area (Å²) in [6.45, 7) is 5.14. The van der Waals surface area contributed by atoms with Gasteiger partial charge in [-0.2, -0.15) is 0 Å². The highest BCUT2D eigenvalue weighted by atomic mass is 35.5. The van der Waals surface area contributed by atoms with Crippen LogP contribution in [0.5, 0.6) is 0 Å². The molecule has 6 heteroatoms. The first-order valence-electron chi connectivity index (χ1n) is 6.87. The third kappa shape index (κ3) is 3.28. The highest BCUT2D eigenvalue weighted by molar-refractivity contribution is 6.30. The molecular formula is C13H20ClN3O2. The Balaban J connectivity index is 2.15. The number of nitrogens with one attached hydrogen (secondary N) is 1. The molecule has 0 atom stereocenters. The Morgan fingerprint density at radius 1 is 1.16 bits per heavy atom. The summed E-state index contributed by atoms with van der Waals surface area (Å²) in [5.41, 5.74) is -0.183. The number of hydrogen-bond acceptors (Lipinski definition) is 3. The van der Waals surface area contributed by atoms with E-state index in [2.05, 4.69) is 9.88 Å². The molecule has 1 N–H and O–H groups in total. The summed E-state index contributed by atoms with van der Waals surface area (Å²) in [5.74, 6) is 0. The fourth-order valence-corrected chi connectivity index (χ4v) is 2.82. The normalized spacial score (nSPS) is 16.7.